The zero-order chi connectivity index (χ0) is 12.1. The van der Waals surface area contributed by atoms with Gasteiger partial charge in [-0.1, -0.05) is 18.2 Å². The minimum absolute atomic E-state index is 0.145. The first-order valence-corrected chi connectivity index (χ1v) is 5.83. The van der Waals surface area contributed by atoms with Crippen molar-refractivity contribution in [2.45, 2.75) is 19.9 Å². The molecule has 3 heteroatoms. The number of esters is 1. The van der Waals surface area contributed by atoms with Crippen LogP contribution in [0.2, 0.25) is 0 Å². The van der Waals surface area contributed by atoms with E-state index in [2.05, 4.69) is 24.4 Å². The lowest BCUT2D eigenvalue weighted by atomic mass is 10.2. The molecule has 0 aliphatic rings. The zero-order valence-electron chi connectivity index (χ0n) is 9.93. The molecule has 0 saturated carbocycles. The molecule has 0 amide bonds. The molecule has 0 aliphatic carbocycles. The minimum atomic E-state index is -0.145. The second kappa shape index (κ2) is 5.43. The average Bonchev–Trinajstić information content (AvgIpc) is 2.36. The van der Waals surface area contributed by atoms with Crippen LogP contribution in [0.15, 0.2) is 42.7 Å². The highest BCUT2D eigenvalue weighted by Crippen LogP contribution is 2.09. The number of nitrogens with zero attached hydrogens (tertiary/aromatic N) is 1. The lowest BCUT2D eigenvalue weighted by Crippen LogP contribution is -2.34. The van der Waals surface area contributed by atoms with Crippen LogP contribution in [0.4, 0.5) is 0 Å². The van der Waals surface area contributed by atoms with Gasteiger partial charge in [0.15, 0.2) is 18.9 Å². The van der Waals surface area contributed by atoms with E-state index in [1.165, 1.54) is 10.8 Å². The van der Waals surface area contributed by atoms with E-state index in [1.807, 2.05) is 29.8 Å². The van der Waals surface area contributed by atoms with E-state index < -0.39 is 0 Å². The molecule has 2 rings (SSSR count). The van der Waals surface area contributed by atoms with E-state index in [4.69, 9.17) is 4.74 Å². The Kier molecular flexibility index (Phi) is 3.70. The molecule has 1 heterocycles. The van der Waals surface area contributed by atoms with Crippen LogP contribution in [-0.2, 0) is 16.1 Å². The van der Waals surface area contributed by atoms with Gasteiger partial charge in [0.25, 0.3) is 0 Å². The molecule has 3 nitrogen and oxygen atoms in total. The van der Waals surface area contributed by atoms with Gasteiger partial charge >= 0.3 is 5.97 Å². The van der Waals surface area contributed by atoms with Crippen molar-refractivity contribution >= 4 is 16.7 Å². The quantitative estimate of drug-likeness (QED) is 0.594. The summed E-state index contributed by atoms with van der Waals surface area (Å²) >= 11 is 0. The van der Waals surface area contributed by atoms with E-state index >= 15 is 0 Å². The SMILES string of the molecule is CCOC(=O)CC[n+]1ccc2ccccc2c1. The van der Waals surface area contributed by atoms with Crippen molar-refractivity contribution in [3.05, 3.63) is 42.7 Å². The molecule has 88 valence electrons. The number of benzene rings is 1. The topological polar surface area (TPSA) is 30.2 Å². The fraction of sp³-hybridized carbons (Fsp3) is 0.286. The van der Waals surface area contributed by atoms with Crippen molar-refractivity contribution in [3.63, 3.8) is 0 Å². The van der Waals surface area contributed by atoms with Gasteiger partial charge in [-0.05, 0) is 18.4 Å². The van der Waals surface area contributed by atoms with Crippen molar-refractivity contribution in [3.8, 4) is 0 Å². The van der Waals surface area contributed by atoms with Crippen molar-refractivity contribution in [1.29, 1.82) is 0 Å². The molecule has 0 spiro atoms. The summed E-state index contributed by atoms with van der Waals surface area (Å²) in [6.45, 7) is 2.92. The lowest BCUT2D eigenvalue weighted by Gasteiger charge is -2.00. The second-order valence-electron chi connectivity index (χ2n) is 3.87. The molecule has 1 aromatic heterocycles. The predicted octanol–water partition coefficient (Wildman–Crippen LogP) is 2.08. The number of hydrogen-bond acceptors (Lipinski definition) is 2. The van der Waals surface area contributed by atoms with Crippen molar-refractivity contribution in [2.24, 2.45) is 0 Å². The zero-order valence-corrected chi connectivity index (χ0v) is 9.93. The fourth-order valence-electron chi connectivity index (χ4n) is 1.77. The Labute approximate surface area is 101 Å². The molecule has 1 aromatic carbocycles. The van der Waals surface area contributed by atoms with Crippen molar-refractivity contribution in [2.75, 3.05) is 6.61 Å². The van der Waals surface area contributed by atoms with Gasteiger partial charge in [-0.3, -0.25) is 4.79 Å². The van der Waals surface area contributed by atoms with Gasteiger partial charge in [0, 0.05) is 11.5 Å². The Hall–Kier alpha value is -1.90. The standard InChI is InChI=1S/C14H16NO2/c1-2-17-14(16)8-10-15-9-7-12-5-3-4-6-13(12)11-15/h3-7,9,11H,2,8,10H2,1H3/q+1. The maximum Gasteiger partial charge on any atom is 0.312 e. The van der Waals surface area contributed by atoms with E-state index in [9.17, 15) is 4.79 Å². The van der Waals surface area contributed by atoms with Gasteiger partial charge in [-0.25, -0.2) is 4.57 Å². The fourth-order valence-corrected chi connectivity index (χ4v) is 1.77. The summed E-state index contributed by atoms with van der Waals surface area (Å²) in [5.41, 5.74) is 0. The van der Waals surface area contributed by atoms with Gasteiger partial charge in [0.05, 0.1) is 6.61 Å². The van der Waals surface area contributed by atoms with Crippen LogP contribution in [0.5, 0.6) is 0 Å². The number of carbonyl (C=O) groups is 1. The first kappa shape index (κ1) is 11.6. The average molecular weight is 230 g/mol. The molecular formula is C14H16NO2+. The van der Waals surface area contributed by atoms with E-state index in [0.29, 0.717) is 19.6 Å². The van der Waals surface area contributed by atoms with Crippen LogP contribution < -0.4 is 4.57 Å². The summed E-state index contributed by atoms with van der Waals surface area (Å²) in [4.78, 5) is 11.2. The molecule has 0 fully saturated rings. The van der Waals surface area contributed by atoms with Crippen LogP contribution in [-0.4, -0.2) is 12.6 Å². The van der Waals surface area contributed by atoms with Crippen LogP contribution >= 0.6 is 0 Å². The van der Waals surface area contributed by atoms with E-state index in [1.54, 1.807) is 0 Å². The molecule has 0 atom stereocenters. The molecule has 17 heavy (non-hydrogen) atoms. The Morgan fingerprint density at radius 3 is 2.76 bits per heavy atom. The lowest BCUT2D eigenvalue weighted by molar-refractivity contribution is -0.694. The number of aromatic nitrogens is 1. The Morgan fingerprint density at radius 1 is 1.24 bits per heavy atom. The molecule has 0 N–H and O–H groups in total. The third kappa shape index (κ3) is 3.03. The number of aryl methyl sites for hydroxylation is 1. The van der Waals surface area contributed by atoms with Crippen LogP contribution in [0, 0.1) is 0 Å². The van der Waals surface area contributed by atoms with Gasteiger partial charge < -0.3 is 4.74 Å². The molecule has 0 saturated heterocycles. The van der Waals surface area contributed by atoms with Gasteiger partial charge in [0.2, 0.25) is 0 Å². The molecule has 0 aliphatic heterocycles. The Bertz CT molecular complexity index is 522. The van der Waals surface area contributed by atoms with Crippen LogP contribution in [0.3, 0.4) is 0 Å². The molecule has 0 unspecified atom stereocenters. The normalized spacial score (nSPS) is 10.4. The predicted molar refractivity (Wildman–Crippen MR) is 65.4 cm³/mol. The number of ether oxygens (including phenoxy) is 1. The number of rotatable bonds is 4. The van der Waals surface area contributed by atoms with Gasteiger partial charge in [0.1, 0.15) is 6.42 Å². The van der Waals surface area contributed by atoms with E-state index in [-0.39, 0.29) is 5.97 Å². The maximum atomic E-state index is 11.2. The third-order valence-electron chi connectivity index (χ3n) is 2.63. The molecule has 2 aromatic rings. The van der Waals surface area contributed by atoms with Crippen LogP contribution in [0.25, 0.3) is 10.8 Å². The van der Waals surface area contributed by atoms with Crippen molar-refractivity contribution in [1.82, 2.24) is 0 Å². The Morgan fingerprint density at radius 2 is 2.00 bits per heavy atom. The summed E-state index contributed by atoms with van der Waals surface area (Å²) in [6, 6.07) is 10.2. The third-order valence-corrected chi connectivity index (χ3v) is 2.63. The van der Waals surface area contributed by atoms with E-state index in [0.717, 1.165) is 0 Å². The minimum Gasteiger partial charge on any atom is -0.466 e. The van der Waals surface area contributed by atoms with Crippen LogP contribution in [0.1, 0.15) is 13.3 Å². The molecule has 0 bridgehead atoms. The smallest absolute Gasteiger partial charge is 0.312 e. The highest BCUT2D eigenvalue weighted by Gasteiger charge is 2.07. The highest BCUT2D eigenvalue weighted by molar-refractivity contribution is 5.80. The molecule has 0 radical (unpaired) electrons. The second-order valence-corrected chi connectivity index (χ2v) is 3.87. The summed E-state index contributed by atoms with van der Waals surface area (Å²) in [7, 11) is 0. The summed E-state index contributed by atoms with van der Waals surface area (Å²) in [5, 5.41) is 2.39. The number of hydrogen-bond donors (Lipinski definition) is 0. The van der Waals surface area contributed by atoms with Crippen molar-refractivity contribution < 1.29 is 14.1 Å². The van der Waals surface area contributed by atoms with Gasteiger partial charge in [-0.15, -0.1) is 0 Å². The summed E-state index contributed by atoms with van der Waals surface area (Å²) in [5.74, 6) is -0.145. The summed E-state index contributed by atoms with van der Waals surface area (Å²) in [6.07, 6.45) is 4.45. The maximum absolute atomic E-state index is 11.2. The highest BCUT2D eigenvalue weighted by atomic mass is 16.5. The first-order valence-electron chi connectivity index (χ1n) is 5.83. The largest absolute Gasteiger partial charge is 0.466 e. The van der Waals surface area contributed by atoms with Gasteiger partial charge in [-0.2, -0.15) is 0 Å². The summed E-state index contributed by atoms with van der Waals surface area (Å²) < 4.78 is 6.91. The number of carbonyl (C=O) groups excluding carboxylic acids is 1. The first-order chi connectivity index (χ1) is 8.29. The number of pyridine rings is 1. The monoisotopic (exact) mass is 230 g/mol. The Balaban J connectivity index is 2.06. The number of fused-ring (bicyclic) bond motifs is 1. The molecular weight excluding hydrogens is 214 g/mol.